The van der Waals surface area contributed by atoms with Crippen LogP contribution in [0, 0.1) is 11.6 Å². The number of Topliss-reactive ketones (excluding diaryl/α,β-unsaturated/α-hetero) is 1. The fourth-order valence-electron chi connectivity index (χ4n) is 4.50. The van der Waals surface area contributed by atoms with E-state index in [1.165, 1.54) is 0 Å². The number of hydrogen-bond donors (Lipinski definition) is 0. The highest BCUT2D eigenvalue weighted by atomic mass is 19.4. The van der Waals surface area contributed by atoms with Crippen molar-refractivity contribution in [2.45, 2.75) is 32.0 Å². The first-order valence-corrected chi connectivity index (χ1v) is 11.7. The number of amides is 1. The highest BCUT2D eigenvalue weighted by Crippen LogP contribution is 2.37. The summed E-state index contributed by atoms with van der Waals surface area (Å²) in [4.78, 5) is 43.1. The number of carbonyl (C=O) groups is 3. The zero-order chi connectivity index (χ0) is 30.6. The average Bonchev–Trinajstić information content (AvgIpc) is 3.35. The molecule has 5 rings (SSSR count). The maximum atomic E-state index is 14.8. The molecule has 2 aliphatic heterocycles. The van der Waals surface area contributed by atoms with Gasteiger partial charge in [0.1, 0.15) is 17.8 Å². The normalized spacial score (nSPS) is 18.5. The van der Waals surface area contributed by atoms with Crippen LogP contribution >= 0.6 is 0 Å². The van der Waals surface area contributed by atoms with Gasteiger partial charge in [-0.15, -0.1) is 10.2 Å². The van der Waals surface area contributed by atoms with E-state index in [1.807, 2.05) is 0 Å². The molecule has 0 fully saturated rings. The molecule has 1 atom stereocenters. The van der Waals surface area contributed by atoms with Gasteiger partial charge in [-0.2, -0.15) is 26.3 Å². The first-order valence-electron chi connectivity index (χ1n) is 11.7. The van der Waals surface area contributed by atoms with Crippen LogP contribution in [0.4, 0.5) is 40.8 Å². The fraction of sp³-hybridized carbons (Fsp3) is 0.250. The number of fused-ring (bicyclic) bond motifs is 2. The van der Waals surface area contributed by atoms with Gasteiger partial charge >= 0.3 is 18.3 Å². The van der Waals surface area contributed by atoms with Crippen molar-refractivity contribution < 1.29 is 54.3 Å². The maximum Gasteiger partial charge on any atom is 0.497 e. The molecular weight excluding hydrogens is 588 g/mol. The molecular formula is C24H15F8N6O4+. The quantitative estimate of drug-likeness (QED) is 0.331. The number of benzene rings is 2. The van der Waals surface area contributed by atoms with Crippen molar-refractivity contribution in [3.8, 4) is 0 Å². The van der Waals surface area contributed by atoms with Crippen molar-refractivity contribution in [3.05, 3.63) is 76.4 Å². The number of quaternary nitrogens is 1. The third-order valence-electron chi connectivity index (χ3n) is 6.38. The van der Waals surface area contributed by atoms with Crippen LogP contribution in [0.1, 0.15) is 37.9 Å². The number of nitrogens with zero attached hydrogens (tertiary/aromatic N) is 6. The molecule has 0 N–H and O–H groups in total. The molecule has 1 amide bonds. The Morgan fingerprint density at radius 3 is 2.40 bits per heavy atom. The molecule has 42 heavy (non-hydrogen) atoms. The number of hydrogen-bond acceptors (Lipinski definition) is 7. The predicted octanol–water partition coefficient (Wildman–Crippen LogP) is 3.94. The summed E-state index contributed by atoms with van der Waals surface area (Å²) in [6.45, 7) is -1.91. The number of carbonyl (C=O) groups excluding carboxylic acids is 3. The lowest BCUT2D eigenvalue weighted by molar-refractivity contribution is -0.237. The highest BCUT2D eigenvalue weighted by molar-refractivity contribution is 6.37. The Labute approximate surface area is 228 Å². The van der Waals surface area contributed by atoms with E-state index in [0.29, 0.717) is 12.3 Å². The number of ketones is 1. The van der Waals surface area contributed by atoms with Gasteiger partial charge < -0.3 is 9.47 Å². The van der Waals surface area contributed by atoms with Gasteiger partial charge in [-0.25, -0.2) is 18.4 Å². The summed E-state index contributed by atoms with van der Waals surface area (Å²) in [5.41, 5.74) is -1.65. The zero-order valence-corrected chi connectivity index (χ0v) is 20.7. The van der Waals surface area contributed by atoms with Gasteiger partial charge in [0.2, 0.25) is 17.3 Å². The molecule has 0 saturated heterocycles. The first kappa shape index (κ1) is 28.8. The van der Waals surface area contributed by atoms with Crippen LogP contribution in [0.5, 0.6) is 0 Å². The molecule has 0 spiro atoms. The summed E-state index contributed by atoms with van der Waals surface area (Å²) in [7, 11) is 0. The molecule has 3 aromatic rings. The van der Waals surface area contributed by atoms with E-state index in [2.05, 4.69) is 20.1 Å². The van der Waals surface area contributed by atoms with E-state index in [-0.39, 0.29) is 24.5 Å². The van der Waals surface area contributed by atoms with E-state index in [1.54, 1.807) is 0 Å². The summed E-state index contributed by atoms with van der Waals surface area (Å²) in [6.07, 6.45) is -9.77. The number of aromatic nitrogens is 3. The monoisotopic (exact) mass is 603 g/mol. The summed E-state index contributed by atoms with van der Waals surface area (Å²) in [5, 5.41) is 10.2. The minimum absolute atomic E-state index is 0.115. The summed E-state index contributed by atoms with van der Waals surface area (Å²) >= 11 is 0. The van der Waals surface area contributed by atoms with Crippen LogP contribution in [-0.4, -0.2) is 56.3 Å². The maximum absolute atomic E-state index is 14.8. The summed E-state index contributed by atoms with van der Waals surface area (Å²) < 4.78 is 107. The molecule has 18 heteroatoms. The Morgan fingerprint density at radius 1 is 0.976 bits per heavy atom. The number of alkyl halides is 6. The van der Waals surface area contributed by atoms with Gasteiger partial charge in [-0.05, 0) is 29.4 Å². The first-order chi connectivity index (χ1) is 19.6. The largest absolute Gasteiger partial charge is 0.497 e. The topological polar surface area (TPSA) is 107 Å². The molecule has 1 aromatic heterocycles. The van der Waals surface area contributed by atoms with Crippen molar-refractivity contribution in [3.63, 3.8) is 0 Å². The average molecular weight is 603 g/mol. The summed E-state index contributed by atoms with van der Waals surface area (Å²) in [5.74, 6) is -8.08. The third kappa shape index (κ3) is 5.19. The van der Waals surface area contributed by atoms with Gasteiger partial charge in [0.15, 0.2) is 12.4 Å². The van der Waals surface area contributed by atoms with E-state index in [0.717, 1.165) is 39.8 Å². The predicted molar refractivity (Wildman–Crippen MR) is 123 cm³/mol. The van der Waals surface area contributed by atoms with Crippen LogP contribution in [0.15, 0.2) is 41.5 Å². The number of halogens is 8. The van der Waals surface area contributed by atoms with Crippen molar-refractivity contribution in [1.29, 1.82) is 0 Å². The van der Waals surface area contributed by atoms with Crippen molar-refractivity contribution in [1.82, 2.24) is 24.4 Å². The molecule has 1 unspecified atom stereocenters. The Bertz CT molecular complexity index is 1650. The second-order valence-corrected chi connectivity index (χ2v) is 9.14. The molecule has 0 radical (unpaired) electrons. The minimum Gasteiger partial charge on any atom is -0.329 e. The van der Waals surface area contributed by atoms with E-state index in [9.17, 15) is 49.5 Å². The molecule has 220 valence electrons. The lowest BCUT2D eigenvalue weighted by Crippen LogP contribution is -2.50. The summed E-state index contributed by atoms with van der Waals surface area (Å²) in [6, 6.07) is 5.15. The van der Waals surface area contributed by atoms with Crippen LogP contribution in [0.2, 0.25) is 0 Å². The van der Waals surface area contributed by atoms with Crippen LogP contribution in [0.3, 0.4) is 0 Å². The third-order valence-corrected chi connectivity index (χ3v) is 6.38. The van der Waals surface area contributed by atoms with Gasteiger partial charge in [-0.3, -0.25) is 9.59 Å². The van der Waals surface area contributed by atoms with Crippen LogP contribution < -0.4 is 4.76 Å². The Morgan fingerprint density at radius 2 is 1.71 bits per heavy atom. The molecule has 3 heterocycles. The molecule has 2 aliphatic rings. The SMILES string of the molecule is O=C1C=N[N+](Cc2ccc(F)c(C(=O)N3CCn4c(nnc4C(F)(F)F)C3)c2)(OC(=O)C(F)(F)F)c2ccc(F)cc21. The van der Waals surface area contributed by atoms with Crippen LogP contribution in [0.25, 0.3) is 0 Å². The van der Waals surface area contributed by atoms with Crippen LogP contribution in [-0.2, 0) is 35.4 Å². The van der Waals surface area contributed by atoms with E-state index < -0.39 is 82.1 Å². The Balaban J connectivity index is 1.49. The number of hydroxylamine groups is 1. The minimum atomic E-state index is -5.51. The van der Waals surface area contributed by atoms with E-state index >= 15 is 0 Å². The number of rotatable bonds is 4. The van der Waals surface area contributed by atoms with Gasteiger partial charge in [-0.1, -0.05) is 6.07 Å². The van der Waals surface area contributed by atoms with E-state index in [4.69, 9.17) is 0 Å². The second-order valence-electron chi connectivity index (χ2n) is 9.14. The molecule has 10 nitrogen and oxygen atoms in total. The van der Waals surface area contributed by atoms with Crippen molar-refractivity contribution in [2.24, 2.45) is 5.10 Å². The molecule has 0 bridgehead atoms. The Hall–Kier alpha value is -4.74. The smallest absolute Gasteiger partial charge is 0.329 e. The lowest BCUT2D eigenvalue weighted by Gasteiger charge is -2.31. The van der Waals surface area contributed by atoms with Gasteiger partial charge in [0, 0.05) is 29.5 Å². The second kappa shape index (κ2) is 9.97. The molecule has 0 saturated carbocycles. The Kier molecular flexibility index (Phi) is 6.83. The standard InChI is InChI=1S/C24H15F8N6O4/c25-13-2-4-17-15(8-13)18(39)9-33-38(17,42-22(41)24(30,31)32)11-12-1-3-16(26)14(7-12)20(40)36-5-6-37-19(10-36)34-35-21(37)23(27,28)29/h1-4,7-9H,5-6,10-11H2/q+1. The highest BCUT2D eigenvalue weighted by Gasteiger charge is 2.52. The molecule has 2 aromatic carbocycles. The van der Waals surface area contributed by atoms with Gasteiger partial charge in [0.05, 0.1) is 17.7 Å². The van der Waals surface area contributed by atoms with Crippen molar-refractivity contribution >= 4 is 29.6 Å². The van der Waals surface area contributed by atoms with Crippen molar-refractivity contribution in [2.75, 3.05) is 6.54 Å². The lowest BCUT2D eigenvalue weighted by atomic mass is 10.0. The zero-order valence-electron chi connectivity index (χ0n) is 20.7. The van der Waals surface area contributed by atoms with Gasteiger partial charge in [0.25, 0.3) is 5.91 Å². The molecule has 0 aliphatic carbocycles. The fourth-order valence-corrected chi connectivity index (χ4v) is 4.50.